The molecule has 4 nitrogen and oxygen atoms in total. The van der Waals surface area contributed by atoms with Crippen molar-refractivity contribution in [2.75, 3.05) is 0 Å². The molecule has 3 heterocycles. The molecule has 0 aliphatic carbocycles. The van der Waals surface area contributed by atoms with Crippen LogP contribution in [0, 0.1) is 0 Å². The maximum atomic E-state index is 5.15. The number of nitrogens with zero attached hydrogens (tertiary/aromatic N) is 4. The second-order valence-electron chi connectivity index (χ2n) is 15.9. The molecule has 0 saturated heterocycles. The highest BCUT2D eigenvalue weighted by Gasteiger charge is 2.22. The quantitative estimate of drug-likeness (QED) is 0.174. The van der Waals surface area contributed by atoms with Crippen LogP contribution < -0.4 is 0 Å². The molecule has 13 rings (SSSR count). The Labute approximate surface area is 360 Å². The molecule has 13 aromatic rings. The summed E-state index contributed by atoms with van der Waals surface area (Å²) >= 11 is 1.82. The zero-order valence-electron chi connectivity index (χ0n) is 33.3. The van der Waals surface area contributed by atoms with Crippen LogP contribution >= 0.6 is 11.3 Å². The monoisotopic (exact) mass is 806 g/mol. The number of rotatable bonds is 5. The predicted octanol–water partition coefficient (Wildman–Crippen LogP) is 15.5. The normalized spacial score (nSPS) is 11.9. The van der Waals surface area contributed by atoms with Crippen molar-refractivity contribution in [3.8, 4) is 51.0 Å². The van der Waals surface area contributed by atoms with E-state index in [4.69, 9.17) is 15.0 Å². The summed E-state index contributed by atoms with van der Waals surface area (Å²) in [6, 6.07) is 74.0. The van der Waals surface area contributed by atoms with Gasteiger partial charge >= 0.3 is 0 Å². The van der Waals surface area contributed by atoms with Crippen molar-refractivity contribution in [1.29, 1.82) is 0 Å². The summed E-state index contributed by atoms with van der Waals surface area (Å²) in [4.78, 5) is 15.3. The first-order chi connectivity index (χ1) is 30.7. The van der Waals surface area contributed by atoms with Gasteiger partial charge in [-0.2, -0.15) is 0 Å². The first-order valence-electron chi connectivity index (χ1n) is 20.9. The van der Waals surface area contributed by atoms with E-state index in [0.717, 1.165) is 27.8 Å². The molecule has 0 atom stereocenters. The lowest BCUT2D eigenvalue weighted by atomic mass is 9.94. The molecule has 0 aliphatic heterocycles. The third-order valence-corrected chi connectivity index (χ3v) is 13.5. The van der Waals surface area contributed by atoms with E-state index in [1.165, 1.54) is 80.0 Å². The Kier molecular flexibility index (Phi) is 7.74. The maximum absolute atomic E-state index is 5.15. The van der Waals surface area contributed by atoms with E-state index in [0.29, 0.717) is 17.5 Å². The fourth-order valence-electron chi connectivity index (χ4n) is 9.57. The zero-order valence-corrected chi connectivity index (χ0v) is 34.1. The van der Waals surface area contributed by atoms with Crippen molar-refractivity contribution in [1.82, 2.24) is 19.5 Å². The Hall–Kier alpha value is -7.99. The van der Waals surface area contributed by atoms with Crippen molar-refractivity contribution in [2.24, 2.45) is 0 Å². The van der Waals surface area contributed by atoms with Crippen LogP contribution in [0.3, 0.4) is 0 Å². The molecule has 0 unspecified atom stereocenters. The summed E-state index contributed by atoms with van der Waals surface area (Å²) in [6.45, 7) is 0. The molecule has 0 amide bonds. The lowest BCUT2D eigenvalue weighted by molar-refractivity contribution is 1.08. The van der Waals surface area contributed by atoms with Crippen LogP contribution in [0.2, 0.25) is 0 Å². The largest absolute Gasteiger partial charge is 0.308 e. The SMILES string of the molecule is c1ccc(-c2nc(-c3ccc4ccccc4c3)nc(-c3ccc4c(c3)sc3cccc(-n5c6ccc7ccccc7c6c6c7ccccc7c(-c7ccccc7)cc65)c34)n2)cc1. The van der Waals surface area contributed by atoms with Crippen LogP contribution in [0.15, 0.2) is 206 Å². The van der Waals surface area contributed by atoms with E-state index < -0.39 is 0 Å². The Morgan fingerprint density at radius 2 is 0.919 bits per heavy atom. The molecule has 0 radical (unpaired) electrons. The van der Waals surface area contributed by atoms with E-state index in [-0.39, 0.29) is 0 Å². The summed E-state index contributed by atoms with van der Waals surface area (Å²) in [6.07, 6.45) is 0. The van der Waals surface area contributed by atoms with Gasteiger partial charge in [0.2, 0.25) is 0 Å². The average Bonchev–Trinajstić information content (AvgIpc) is 3.90. The van der Waals surface area contributed by atoms with Gasteiger partial charge in [-0.3, -0.25) is 0 Å². The summed E-state index contributed by atoms with van der Waals surface area (Å²) < 4.78 is 4.93. The van der Waals surface area contributed by atoms with Crippen molar-refractivity contribution < 1.29 is 0 Å². The summed E-state index contributed by atoms with van der Waals surface area (Å²) in [5, 5.41) is 12.3. The van der Waals surface area contributed by atoms with Gasteiger partial charge in [-0.15, -0.1) is 11.3 Å². The summed E-state index contributed by atoms with van der Waals surface area (Å²) in [7, 11) is 0. The molecule has 0 saturated carbocycles. The highest BCUT2D eigenvalue weighted by atomic mass is 32.1. The first kappa shape index (κ1) is 34.8. The number of hydrogen-bond donors (Lipinski definition) is 0. The molecule has 0 aliphatic rings. The van der Waals surface area contributed by atoms with Crippen LogP contribution in [-0.2, 0) is 0 Å². The number of fused-ring (bicyclic) bond motifs is 11. The second-order valence-corrected chi connectivity index (χ2v) is 17.0. The molecule has 0 spiro atoms. The molecule has 5 heteroatoms. The number of hydrogen-bond acceptors (Lipinski definition) is 4. The summed E-state index contributed by atoms with van der Waals surface area (Å²) in [5.74, 6) is 1.95. The third-order valence-electron chi connectivity index (χ3n) is 12.4. The van der Waals surface area contributed by atoms with Crippen LogP contribution in [0.1, 0.15) is 0 Å². The van der Waals surface area contributed by atoms with Crippen molar-refractivity contribution in [2.45, 2.75) is 0 Å². The molecule has 0 N–H and O–H groups in total. The first-order valence-corrected chi connectivity index (χ1v) is 21.7. The van der Waals surface area contributed by atoms with Crippen molar-refractivity contribution in [3.05, 3.63) is 206 Å². The lowest BCUT2D eigenvalue weighted by Gasteiger charge is -2.13. The zero-order chi connectivity index (χ0) is 40.7. The van der Waals surface area contributed by atoms with Gasteiger partial charge in [0.1, 0.15) is 0 Å². The van der Waals surface area contributed by atoms with Crippen molar-refractivity contribution in [3.63, 3.8) is 0 Å². The van der Waals surface area contributed by atoms with Crippen LogP contribution in [0.4, 0.5) is 0 Å². The average molecular weight is 807 g/mol. The molecular weight excluding hydrogens is 773 g/mol. The lowest BCUT2D eigenvalue weighted by Crippen LogP contribution is -2.00. The third kappa shape index (κ3) is 5.42. The molecule has 62 heavy (non-hydrogen) atoms. The minimum Gasteiger partial charge on any atom is -0.308 e. The van der Waals surface area contributed by atoms with Gasteiger partial charge in [-0.25, -0.2) is 15.0 Å². The molecule has 0 bridgehead atoms. The Morgan fingerprint density at radius 3 is 1.71 bits per heavy atom. The highest BCUT2D eigenvalue weighted by molar-refractivity contribution is 7.26. The predicted molar refractivity (Wildman–Crippen MR) is 261 cm³/mol. The van der Waals surface area contributed by atoms with Crippen LogP contribution in [0.5, 0.6) is 0 Å². The Morgan fingerprint density at radius 1 is 0.323 bits per heavy atom. The Balaban J connectivity index is 1.05. The van der Waals surface area contributed by atoms with Gasteiger partial charge in [0.05, 0.1) is 16.7 Å². The molecule has 288 valence electrons. The van der Waals surface area contributed by atoms with Gasteiger partial charge in [0, 0.05) is 47.6 Å². The maximum Gasteiger partial charge on any atom is 0.164 e. The van der Waals surface area contributed by atoms with E-state index in [1.807, 2.05) is 29.5 Å². The second kappa shape index (κ2) is 13.8. The summed E-state index contributed by atoms with van der Waals surface area (Å²) in [5.41, 5.74) is 8.84. The van der Waals surface area contributed by atoms with Crippen molar-refractivity contribution >= 4 is 85.6 Å². The number of aromatic nitrogens is 4. The number of thiophene rings is 1. The van der Waals surface area contributed by atoms with E-state index in [1.54, 1.807) is 0 Å². The van der Waals surface area contributed by atoms with Gasteiger partial charge in [0.15, 0.2) is 17.5 Å². The standard InChI is InChI=1S/C57H34N4S/c1-3-15-36(16-4-1)46-34-49-54(44-23-12-11-22-43(44)46)53-42-21-10-9-17-37(42)29-31-48(53)61(49)47-24-13-25-50-52(47)45-30-28-41(33-51(45)62-50)57-59-55(38-18-5-2-6-19-38)58-56(60-57)40-27-26-35-14-7-8-20-39(35)32-40/h1-34H. The van der Waals surface area contributed by atoms with E-state index in [9.17, 15) is 0 Å². The van der Waals surface area contributed by atoms with Gasteiger partial charge in [-0.05, 0) is 79.8 Å². The van der Waals surface area contributed by atoms with E-state index in [2.05, 4.69) is 193 Å². The van der Waals surface area contributed by atoms with Gasteiger partial charge < -0.3 is 4.57 Å². The fourth-order valence-corrected chi connectivity index (χ4v) is 10.7. The smallest absolute Gasteiger partial charge is 0.164 e. The Bertz CT molecular complexity index is 3920. The van der Waals surface area contributed by atoms with Gasteiger partial charge in [0.25, 0.3) is 0 Å². The molecule has 10 aromatic carbocycles. The minimum absolute atomic E-state index is 0.649. The minimum atomic E-state index is 0.649. The topological polar surface area (TPSA) is 43.6 Å². The van der Waals surface area contributed by atoms with Crippen LogP contribution in [-0.4, -0.2) is 19.5 Å². The fraction of sp³-hybridized carbons (Fsp3) is 0. The molecule has 3 aromatic heterocycles. The van der Waals surface area contributed by atoms with Crippen LogP contribution in [0.25, 0.3) is 125 Å². The molecular formula is C57H34N4S. The number of benzene rings is 10. The molecule has 0 fully saturated rings. The van der Waals surface area contributed by atoms with E-state index >= 15 is 0 Å². The van der Waals surface area contributed by atoms with Gasteiger partial charge in [-0.1, -0.05) is 170 Å². The highest BCUT2D eigenvalue weighted by Crippen LogP contribution is 2.46.